The topological polar surface area (TPSA) is 91.0 Å². The number of hydrogen-bond acceptors (Lipinski definition) is 5. The second kappa shape index (κ2) is 10.4. The number of pyridine rings is 1. The molecule has 3 rings (SSSR count). The number of hydrogen-bond donors (Lipinski definition) is 2. The molecule has 0 aliphatic heterocycles. The van der Waals surface area contributed by atoms with Gasteiger partial charge in [0.1, 0.15) is 17.2 Å². The second-order valence-corrected chi connectivity index (χ2v) is 6.53. The van der Waals surface area contributed by atoms with Crippen molar-refractivity contribution in [3.8, 4) is 23.1 Å². The highest BCUT2D eigenvalue weighted by atomic mass is 19.4. The van der Waals surface area contributed by atoms with Crippen molar-refractivity contribution in [2.45, 2.75) is 19.5 Å². The van der Waals surface area contributed by atoms with Gasteiger partial charge in [-0.15, -0.1) is 13.2 Å². The minimum Gasteiger partial charge on any atom is -0.497 e. The number of nitrogens with one attached hydrogen (secondary N) is 1. The molecule has 2 aromatic carbocycles. The first-order chi connectivity index (χ1) is 15.3. The number of aromatic nitrogens is 1. The van der Waals surface area contributed by atoms with Gasteiger partial charge in [0.15, 0.2) is 5.96 Å². The summed E-state index contributed by atoms with van der Waals surface area (Å²) < 4.78 is 51.2. The third kappa shape index (κ3) is 7.38. The molecule has 3 N–H and O–H groups in total. The first kappa shape index (κ1) is 22.7. The fourth-order valence-electron chi connectivity index (χ4n) is 2.58. The van der Waals surface area contributed by atoms with Crippen LogP contribution in [0.1, 0.15) is 11.1 Å². The lowest BCUT2D eigenvalue weighted by molar-refractivity contribution is -0.274. The number of nitrogens with two attached hydrogens (primary N) is 1. The molecule has 168 valence electrons. The van der Waals surface area contributed by atoms with E-state index >= 15 is 0 Å². The Morgan fingerprint density at radius 1 is 1.00 bits per heavy atom. The Morgan fingerprint density at radius 2 is 1.72 bits per heavy atom. The van der Waals surface area contributed by atoms with Gasteiger partial charge in [-0.1, -0.05) is 24.3 Å². The summed E-state index contributed by atoms with van der Waals surface area (Å²) >= 11 is 0. The van der Waals surface area contributed by atoms with E-state index in [-0.39, 0.29) is 11.7 Å². The van der Waals surface area contributed by atoms with Crippen LogP contribution in [-0.4, -0.2) is 24.4 Å². The van der Waals surface area contributed by atoms with Crippen molar-refractivity contribution in [3.05, 3.63) is 78.0 Å². The highest BCUT2D eigenvalue weighted by molar-refractivity contribution is 5.77. The van der Waals surface area contributed by atoms with E-state index in [4.69, 9.17) is 15.2 Å². The van der Waals surface area contributed by atoms with Crippen molar-refractivity contribution in [3.63, 3.8) is 0 Å². The second-order valence-electron chi connectivity index (χ2n) is 6.53. The summed E-state index contributed by atoms with van der Waals surface area (Å²) in [7, 11) is 1.58. The molecule has 0 atom stereocenters. The number of guanidine groups is 1. The van der Waals surface area contributed by atoms with E-state index in [9.17, 15) is 13.2 Å². The lowest BCUT2D eigenvalue weighted by Gasteiger charge is -2.10. The first-order valence-electron chi connectivity index (χ1n) is 9.46. The molecular weight excluding hydrogens is 425 g/mol. The van der Waals surface area contributed by atoms with E-state index in [0.29, 0.717) is 30.5 Å². The zero-order valence-corrected chi connectivity index (χ0v) is 17.1. The fraction of sp³-hybridized carbons (Fsp3) is 0.182. The SMILES string of the molecule is COc1cccc(Oc2ccc(CN=C(N)NCc3ccc(OC(F)(F)F)cc3)cn2)c1. The van der Waals surface area contributed by atoms with Crippen LogP contribution in [0.15, 0.2) is 71.9 Å². The number of nitrogens with zero attached hydrogens (tertiary/aromatic N) is 2. The number of halogens is 3. The van der Waals surface area contributed by atoms with Gasteiger partial charge >= 0.3 is 6.36 Å². The number of ether oxygens (including phenoxy) is 3. The molecule has 1 heterocycles. The molecule has 0 amide bonds. The van der Waals surface area contributed by atoms with Crippen LogP contribution < -0.4 is 25.3 Å². The predicted molar refractivity (Wildman–Crippen MR) is 113 cm³/mol. The van der Waals surface area contributed by atoms with E-state index < -0.39 is 6.36 Å². The summed E-state index contributed by atoms with van der Waals surface area (Å²) in [4.78, 5) is 8.47. The van der Waals surface area contributed by atoms with Gasteiger partial charge in [-0.2, -0.15) is 0 Å². The smallest absolute Gasteiger partial charge is 0.497 e. The summed E-state index contributed by atoms with van der Waals surface area (Å²) in [6.45, 7) is 0.594. The molecule has 0 aliphatic rings. The standard InChI is InChI=1S/C22H21F3N4O3/c1-30-18-3-2-4-19(11-18)31-20-10-7-16(13-27-20)14-29-21(26)28-12-15-5-8-17(9-6-15)32-22(23,24)25/h2-11,13H,12,14H2,1H3,(H3,26,28,29). The van der Waals surface area contributed by atoms with Crippen LogP contribution >= 0.6 is 0 Å². The molecule has 0 saturated heterocycles. The average molecular weight is 446 g/mol. The van der Waals surface area contributed by atoms with E-state index in [0.717, 1.165) is 11.1 Å². The Bertz CT molecular complexity index is 1040. The maximum Gasteiger partial charge on any atom is 0.573 e. The highest BCUT2D eigenvalue weighted by Gasteiger charge is 2.30. The van der Waals surface area contributed by atoms with Crippen molar-refractivity contribution < 1.29 is 27.4 Å². The molecule has 0 fully saturated rings. The Morgan fingerprint density at radius 3 is 2.38 bits per heavy atom. The van der Waals surface area contributed by atoms with Gasteiger partial charge in [-0.05, 0) is 35.4 Å². The zero-order valence-electron chi connectivity index (χ0n) is 17.1. The molecule has 0 aliphatic carbocycles. The molecule has 0 bridgehead atoms. The van der Waals surface area contributed by atoms with Crippen molar-refractivity contribution in [1.82, 2.24) is 10.3 Å². The zero-order chi connectivity index (χ0) is 23.0. The van der Waals surface area contributed by atoms with Crippen LogP contribution in [0.3, 0.4) is 0 Å². The molecule has 0 unspecified atom stereocenters. The molecular formula is C22H21F3N4O3. The number of alkyl halides is 3. The van der Waals surface area contributed by atoms with Crippen LogP contribution in [0.5, 0.6) is 23.1 Å². The molecule has 0 saturated carbocycles. The van der Waals surface area contributed by atoms with Crippen molar-refractivity contribution >= 4 is 5.96 Å². The Labute approximate surface area is 182 Å². The summed E-state index contributed by atoms with van der Waals surface area (Å²) in [5.74, 6) is 1.62. The van der Waals surface area contributed by atoms with Gasteiger partial charge in [0.25, 0.3) is 0 Å². The summed E-state index contributed by atoms with van der Waals surface area (Å²) in [6, 6.07) is 16.2. The molecule has 7 nitrogen and oxygen atoms in total. The van der Waals surface area contributed by atoms with Gasteiger partial charge in [0, 0.05) is 24.9 Å². The van der Waals surface area contributed by atoms with Crippen LogP contribution in [-0.2, 0) is 13.1 Å². The normalized spacial score (nSPS) is 11.7. The van der Waals surface area contributed by atoms with Crippen LogP contribution in [0.2, 0.25) is 0 Å². The highest BCUT2D eigenvalue weighted by Crippen LogP contribution is 2.24. The van der Waals surface area contributed by atoms with Gasteiger partial charge in [-0.3, -0.25) is 0 Å². The maximum atomic E-state index is 12.2. The Kier molecular flexibility index (Phi) is 7.37. The monoisotopic (exact) mass is 446 g/mol. The molecule has 10 heteroatoms. The Hall–Kier alpha value is -3.95. The molecule has 3 aromatic rings. The van der Waals surface area contributed by atoms with Crippen molar-refractivity contribution in [2.75, 3.05) is 7.11 Å². The third-order valence-electron chi connectivity index (χ3n) is 4.12. The van der Waals surface area contributed by atoms with Crippen LogP contribution in [0.4, 0.5) is 13.2 Å². The minimum absolute atomic E-state index is 0.192. The first-order valence-corrected chi connectivity index (χ1v) is 9.46. The molecule has 1 aromatic heterocycles. The van der Waals surface area contributed by atoms with E-state index in [2.05, 4.69) is 20.0 Å². The lowest BCUT2D eigenvalue weighted by atomic mass is 10.2. The summed E-state index contributed by atoms with van der Waals surface area (Å²) in [5, 5.41) is 2.90. The van der Waals surface area contributed by atoms with Crippen molar-refractivity contribution in [1.29, 1.82) is 0 Å². The van der Waals surface area contributed by atoms with Gasteiger partial charge in [0.2, 0.25) is 5.88 Å². The van der Waals surface area contributed by atoms with Crippen LogP contribution in [0.25, 0.3) is 0 Å². The minimum atomic E-state index is -4.72. The third-order valence-corrected chi connectivity index (χ3v) is 4.12. The molecule has 0 radical (unpaired) electrons. The largest absolute Gasteiger partial charge is 0.573 e. The van der Waals surface area contributed by atoms with Gasteiger partial charge in [-0.25, -0.2) is 9.98 Å². The number of aliphatic imine (C=N–C) groups is 1. The van der Waals surface area contributed by atoms with E-state index in [1.807, 2.05) is 18.2 Å². The molecule has 0 spiro atoms. The van der Waals surface area contributed by atoms with Crippen LogP contribution in [0, 0.1) is 0 Å². The summed E-state index contributed by atoms with van der Waals surface area (Å²) in [6.07, 6.45) is -3.09. The average Bonchev–Trinajstić information content (AvgIpc) is 2.77. The Balaban J connectivity index is 1.48. The maximum absolute atomic E-state index is 12.2. The summed E-state index contributed by atoms with van der Waals surface area (Å²) in [5.41, 5.74) is 7.39. The lowest BCUT2D eigenvalue weighted by Crippen LogP contribution is -2.31. The number of rotatable bonds is 8. The van der Waals surface area contributed by atoms with Gasteiger partial charge < -0.3 is 25.3 Å². The molecule has 32 heavy (non-hydrogen) atoms. The van der Waals surface area contributed by atoms with Crippen molar-refractivity contribution in [2.24, 2.45) is 10.7 Å². The number of methoxy groups -OCH3 is 1. The quantitative estimate of drug-likeness (QED) is 0.394. The van der Waals surface area contributed by atoms with E-state index in [1.165, 1.54) is 24.3 Å². The fourth-order valence-corrected chi connectivity index (χ4v) is 2.58. The number of benzene rings is 2. The van der Waals surface area contributed by atoms with E-state index in [1.54, 1.807) is 31.5 Å². The predicted octanol–water partition coefficient (Wildman–Crippen LogP) is 4.39. The van der Waals surface area contributed by atoms with Gasteiger partial charge in [0.05, 0.1) is 13.7 Å².